The average molecular weight is 889 g/mol. The maximum absolute atomic E-state index is 13.3. The van der Waals surface area contributed by atoms with Crippen LogP contribution in [0.1, 0.15) is 77.0 Å². The van der Waals surface area contributed by atoms with Gasteiger partial charge in [0.15, 0.2) is 5.82 Å². The van der Waals surface area contributed by atoms with E-state index in [-0.39, 0.29) is 41.1 Å². The van der Waals surface area contributed by atoms with Crippen LogP contribution < -0.4 is 16.0 Å². The van der Waals surface area contributed by atoms with Gasteiger partial charge >= 0.3 is 12.1 Å². The van der Waals surface area contributed by atoms with E-state index in [4.69, 9.17) is 0 Å². The van der Waals surface area contributed by atoms with Crippen LogP contribution >= 0.6 is 0 Å². The highest BCUT2D eigenvalue weighted by Gasteiger charge is 2.32. The van der Waals surface area contributed by atoms with Crippen LogP contribution in [0.25, 0.3) is 17.1 Å². The van der Waals surface area contributed by atoms with Crippen LogP contribution in [0.2, 0.25) is 0 Å². The topological polar surface area (TPSA) is 231 Å². The van der Waals surface area contributed by atoms with Crippen molar-refractivity contribution in [2.45, 2.75) is 71.4 Å². The molecule has 1 aliphatic rings. The van der Waals surface area contributed by atoms with Gasteiger partial charge in [0, 0.05) is 74.9 Å². The highest BCUT2D eigenvalue weighted by Crippen LogP contribution is 2.38. The standard InChI is InChI=1S/C44H51F3N10O7/c1-25(2)32-18-33(36(59)19-35(32)58)38-53-54-39(42(62)49-23-44(45,46)47)57(38)31-11-7-28(8-12-31)22-56-15-13-55(14-16-56)21-27-5-9-29(10-6-27)40(60)51-34(17-30-20-48-24-50-30)41(61)52-37(26(3)4)43(63)64/h5-12,18-20,24-26,34,37,58-59H,13-17,21-23H2,1-4H3,(H,48,50)(H,49,62)(H,51,60)(H,52,61)(H,63,64)/t34-,37-/m0/s1. The molecule has 1 aliphatic heterocycles. The van der Waals surface area contributed by atoms with Gasteiger partial charge in [0.25, 0.3) is 11.8 Å². The first-order chi connectivity index (χ1) is 30.4. The van der Waals surface area contributed by atoms with E-state index >= 15 is 0 Å². The van der Waals surface area contributed by atoms with E-state index in [1.165, 1.54) is 23.2 Å². The van der Waals surface area contributed by atoms with Crippen molar-refractivity contribution >= 4 is 23.7 Å². The van der Waals surface area contributed by atoms with Crippen LogP contribution in [0.15, 0.2) is 73.2 Å². The van der Waals surface area contributed by atoms with Crippen LogP contribution in [0, 0.1) is 5.92 Å². The van der Waals surface area contributed by atoms with E-state index in [0.717, 1.165) is 43.4 Å². The lowest BCUT2D eigenvalue weighted by molar-refractivity contribution is -0.143. The number of benzene rings is 3. The molecule has 340 valence electrons. The van der Waals surface area contributed by atoms with Gasteiger partial charge in [-0.15, -0.1) is 10.2 Å². The van der Waals surface area contributed by atoms with Gasteiger partial charge in [-0.1, -0.05) is 52.0 Å². The highest BCUT2D eigenvalue weighted by atomic mass is 19.4. The summed E-state index contributed by atoms with van der Waals surface area (Å²) < 4.78 is 40.3. The largest absolute Gasteiger partial charge is 0.508 e. The third-order valence-corrected chi connectivity index (χ3v) is 10.8. The number of piperazine rings is 1. The summed E-state index contributed by atoms with van der Waals surface area (Å²) in [5.41, 5.74) is 3.81. The lowest BCUT2D eigenvalue weighted by atomic mass is 9.98. The van der Waals surface area contributed by atoms with Crippen molar-refractivity contribution in [2.24, 2.45) is 5.92 Å². The number of hydrogen-bond acceptors (Lipinski definition) is 11. The van der Waals surface area contributed by atoms with E-state index in [1.54, 1.807) is 38.1 Å². The number of aromatic nitrogens is 5. The zero-order valence-corrected chi connectivity index (χ0v) is 35.7. The minimum Gasteiger partial charge on any atom is -0.508 e. The summed E-state index contributed by atoms with van der Waals surface area (Å²) in [5.74, 6) is -4.88. The summed E-state index contributed by atoms with van der Waals surface area (Å²) in [6.07, 6.45) is -1.61. The van der Waals surface area contributed by atoms with Gasteiger partial charge in [0.1, 0.15) is 30.1 Å². The van der Waals surface area contributed by atoms with Gasteiger partial charge in [0.05, 0.1) is 11.9 Å². The van der Waals surface area contributed by atoms with E-state index in [1.807, 2.05) is 43.4 Å². The monoisotopic (exact) mass is 888 g/mol. The maximum atomic E-state index is 13.3. The number of carbonyl (C=O) groups is 4. The van der Waals surface area contributed by atoms with Gasteiger partial charge in [-0.2, -0.15) is 13.2 Å². The predicted octanol–water partition coefficient (Wildman–Crippen LogP) is 4.37. The smallest absolute Gasteiger partial charge is 0.405 e. The number of imidazole rings is 1. The lowest BCUT2D eigenvalue weighted by Crippen LogP contribution is -2.53. The highest BCUT2D eigenvalue weighted by molar-refractivity contribution is 5.98. The number of hydrogen-bond donors (Lipinski definition) is 7. The summed E-state index contributed by atoms with van der Waals surface area (Å²) in [5, 5.41) is 45.9. The maximum Gasteiger partial charge on any atom is 0.405 e. The van der Waals surface area contributed by atoms with Crippen molar-refractivity contribution < 1.29 is 47.7 Å². The molecule has 0 spiro atoms. The summed E-state index contributed by atoms with van der Waals surface area (Å²) in [4.78, 5) is 62.7. The number of alkyl halides is 3. The number of nitrogens with one attached hydrogen (secondary N) is 4. The Morgan fingerprint density at radius 3 is 1.95 bits per heavy atom. The second kappa shape index (κ2) is 20.1. The summed E-state index contributed by atoms with van der Waals surface area (Å²) in [7, 11) is 0. The van der Waals surface area contributed by atoms with Crippen molar-refractivity contribution in [1.82, 2.24) is 50.5 Å². The molecule has 17 nitrogen and oxygen atoms in total. The summed E-state index contributed by atoms with van der Waals surface area (Å²) in [6, 6.07) is 14.6. The molecule has 0 aliphatic carbocycles. The second-order valence-electron chi connectivity index (χ2n) is 16.4. The number of carbonyl (C=O) groups excluding carboxylic acids is 3. The number of H-pyrrole nitrogens is 1. The quantitative estimate of drug-likeness (QED) is 0.0691. The van der Waals surface area contributed by atoms with Crippen LogP contribution in [-0.4, -0.2) is 125 Å². The number of nitrogens with zero attached hydrogens (tertiary/aromatic N) is 6. The Morgan fingerprint density at radius 1 is 0.812 bits per heavy atom. The number of carboxylic acid groups (broad SMARTS) is 1. The molecule has 6 rings (SSSR count). The number of aliphatic carboxylic acids is 1. The summed E-state index contributed by atoms with van der Waals surface area (Å²) >= 11 is 0. The molecule has 0 unspecified atom stereocenters. The Morgan fingerprint density at radius 2 is 1.42 bits per heavy atom. The fraction of sp³-hybridized carbons (Fsp3) is 0.386. The Hall–Kier alpha value is -6.80. The normalized spacial score (nSPS) is 14.6. The number of phenols is 2. The van der Waals surface area contributed by atoms with Crippen LogP contribution in [0.5, 0.6) is 11.5 Å². The van der Waals surface area contributed by atoms with Crippen LogP contribution in [0.3, 0.4) is 0 Å². The molecule has 5 aromatic rings. The van der Waals surface area contributed by atoms with E-state index in [2.05, 4.69) is 40.6 Å². The predicted molar refractivity (Wildman–Crippen MR) is 228 cm³/mol. The SMILES string of the molecule is CC(C)c1cc(-c2nnc(C(=O)NCC(F)(F)F)n2-c2ccc(CN3CCN(Cc4ccc(C(=O)N[C@@H](Cc5cnc[nH]5)C(=O)N[C@H](C(=O)O)C(C)C)cc4)CC3)cc2)c(O)cc1O. The first-order valence-electron chi connectivity index (χ1n) is 20.7. The van der Waals surface area contributed by atoms with Crippen molar-refractivity contribution in [2.75, 3.05) is 32.7 Å². The number of phenolic OH excluding ortho intramolecular Hbond substituents is 2. The second-order valence-corrected chi connectivity index (χ2v) is 16.4. The molecule has 3 aromatic carbocycles. The molecule has 2 aromatic heterocycles. The van der Waals surface area contributed by atoms with E-state index in [0.29, 0.717) is 35.6 Å². The minimum absolute atomic E-state index is 0.00733. The van der Waals surface area contributed by atoms with Gasteiger partial charge in [-0.3, -0.25) is 28.8 Å². The van der Waals surface area contributed by atoms with Gasteiger partial charge in [-0.05, 0) is 58.9 Å². The summed E-state index contributed by atoms with van der Waals surface area (Å²) in [6.45, 7) is 9.69. The number of halogens is 3. The number of aromatic amines is 1. The van der Waals surface area contributed by atoms with Crippen molar-refractivity contribution in [1.29, 1.82) is 0 Å². The van der Waals surface area contributed by atoms with Crippen molar-refractivity contribution in [3.8, 4) is 28.6 Å². The van der Waals surface area contributed by atoms with Gasteiger partial charge in [0.2, 0.25) is 11.7 Å². The van der Waals surface area contributed by atoms with Crippen LogP contribution in [-0.2, 0) is 29.1 Å². The zero-order valence-electron chi connectivity index (χ0n) is 35.7. The van der Waals surface area contributed by atoms with Gasteiger partial charge in [-0.25, -0.2) is 9.78 Å². The molecular formula is C44H51F3N10O7. The Kier molecular flexibility index (Phi) is 14.7. The first kappa shape index (κ1) is 46.7. The van der Waals surface area contributed by atoms with Crippen molar-refractivity contribution in [3.63, 3.8) is 0 Å². The zero-order chi connectivity index (χ0) is 46.3. The molecule has 1 saturated heterocycles. The Balaban J connectivity index is 1.07. The number of carboxylic acids is 1. The average Bonchev–Trinajstić information content (AvgIpc) is 3.93. The van der Waals surface area contributed by atoms with E-state index < -0.39 is 54.3 Å². The fourth-order valence-corrected chi connectivity index (χ4v) is 7.31. The molecule has 20 heteroatoms. The molecule has 2 atom stereocenters. The third kappa shape index (κ3) is 11.8. The molecular weight excluding hydrogens is 838 g/mol. The van der Waals surface area contributed by atoms with Crippen LogP contribution in [0.4, 0.5) is 13.2 Å². The number of rotatable bonds is 17. The molecule has 3 heterocycles. The van der Waals surface area contributed by atoms with E-state index in [9.17, 15) is 47.7 Å². The lowest BCUT2D eigenvalue weighted by Gasteiger charge is -2.34. The van der Waals surface area contributed by atoms with Crippen molar-refractivity contribution in [3.05, 3.63) is 107 Å². The Labute approximate surface area is 366 Å². The molecule has 1 fully saturated rings. The molecule has 64 heavy (non-hydrogen) atoms. The van der Waals surface area contributed by atoms with Gasteiger partial charge < -0.3 is 36.3 Å². The first-order valence-corrected chi connectivity index (χ1v) is 20.7. The number of amides is 3. The molecule has 7 N–H and O–H groups in total. The molecule has 0 bridgehead atoms. The fourth-order valence-electron chi connectivity index (χ4n) is 7.31. The number of aromatic hydroxyl groups is 2. The Bertz CT molecular complexity index is 2410. The third-order valence-electron chi connectivity index (χ3n) is 10.8. The molecule has 3 amide bonds. The molecule has 0 radical (unpaired) electrons. The molecule has 0 saturated carbocycles. The minimum atomic E-state index is -4.66.